The summed E-state index contributed by atoms with van der Waals surface area (Å²) in [6.45, 7) is 4.67. The molecule has 64 heavy (non-hydrogen) atoms. The highest BCUT2D eigenvalue weighted by Crippen LogP contribution is 2.52. The van der Waals surface area contributed by atoms with E-state index in [1.165, 1.54) is 44.5 Å². The maximum atomic E-state index is 6.62. The lowest BCUT2D eigenvalue weighted by Crippen LogP contribution is -2.14. The van der Waals surface area contributed by atoms with Crippen molar-refractivity contribution in [1.29, 1.82) is 0 Å². The zero-order valence-electron chi connectivity index (χ0n) is 35.6. The van der Waals surface area contributed by atoms with Crippen LogP contribution in [-0.2, 0) is 5.41 Å². The highest BCUT2D eigenvalue weighted by atomic mass is 16.3. The first-order chi connectivity index (χ1) is 31.5. The van der Waals surface area contributed by atoms with Gasteiger partial charge in [0, 0.05) is 38.4 Å². The standard InChI is InChI=1S/C61H42N2O/c1-61(2)53-24-11-9-20-52(53)58-48(21-14-25-54(58)61)42-31-33-43(34-32-42)55-38-56(63-60(62-55)44-17-7-4-8-18-44)47-36-45(41-29-27-40(28-30-41)39-15-5-3-6-16-39)35-46(37-47)49-22-13-23-51-50-19-10-12-26-57(50)64-59(49)51/h3-38H,1-2H3. The Morgan fingerprint density at radius 1 is 0.344 bits per heavy atom. The average molecular weight is 819 g/mol. The zero-order valence-corrected chi connectivity index (χ0v) is 35.6. The monoisotopic (exact) mass is 818 g/mol. The van der Waals surface area contributed by atoms with Crippen molar-refractivity contribution < 1.29 is 4.42 Å². The molecule has 3 heteroatoms. The summed E-state index contributed by atoms with van der Waals surface area (Å²) in [5.74, 6) is 0.676. The van der Waals surface area contributed by atoms with Gasteiger partial charge in [-0.25, -0.2) is 9.97 Å². The van der Waals surface area contributed by atoms with E-state index in [1.54, 1.807) is 0 Å². The minimum Gasteiger partial charge on any atom is -0.455 e. The van der Waals surface area contributed by atoms with Gasteiger partial charge in [0.1, 0.15) is 11.2 Å². The molecular weight excluding hydrogens is 777 g/mol. The molecule has 0 unspecified atom stereocenters. The van der Waals surface area contributed by atoms with Gasteiger partial charge >= 0.3 is 0 Å². The van der Waals surface area contributed by atoms with Crippen LogP contribution >= 0.6 is 0 Å². The van der Waals surface area contributed by atoms with Crippen molar-refractivity contribution in [2.75, 3.05) is 0 Å². The highest BCUT2D eigenvalue weighted by Gasteiger charge is 2.36. The van der Waals surface area contributed by atoms with Crippen LogP contribution in [0.4, 0.5) is 0 Å². The number of rotatable bonds is 7. The van der Waals surface area contributed by atoms with E-state index in [1.807, 2.05) is 30.3 Å². The van der Waals surface area contributed by atoms with Crippen LogP contribution in [0, 0.1) is 0 Å². The number of hydrogen-bond donors (Lipinski definition) is 0. The van der Waals surface area contributed by atoms with Crippen LogP contribution in [0.5, 0.6) is 0 Å². The number of hydrogen-bond acceptors (Lipinski definition) is 3. The third-order valence-corrected chi connectivity index (χ3v) is 13.1. The Morgan fingerprint density at radius 2 is 0.859 bits per heavy atom. The molecule has 2 heterocycles. The van der Waals surface area contributed by atoms with Crippen LogP contribution in [0.15, 0.2) is 223 Å². The number of furan rings is 1. The van der Waals surface area contributed by atoms with Crippen LogP contribution < -0.4 is 0 Å². The number of fused-ring (bicyclic) bond motifs is 6. The molecule has 0 N–H and O–H groups in total. The van der Waals surface area contributed by atoms with E-state index in [0.29, 0.717) is 5.82 Å². The van der Waals surface area contributed by atoms with E-state index in [2.05, 4.69) is 202 Å². The van der Waals surface area contributed by atoms with Crippen molar-refractivity contribution in [1.82, 2.24) is 9.97 Å². The molecule has 0 bridgehead atoms. The van der Waals surface area contributed by atoms with Crippen LogP contribution in [-0.4, -0.2) is 9.97 Å². The maximum Gasteiger partial charge on any atom is 0.160 e. The minimum atomic E-state index is -0.0611. The molecule has 0 atom stereocenters. The van der Waals surface area contributed by atoms with Crippen molar-refractivity contribution >= 4 is 21.9 Å². The van der Waals surface area contributed by atoms with Crippen molar-refractivity contribution in [2.45, 2.75) is 19.3 Å². The summed E-state index contributed by atoms with van der Waals surface area (Å²) < 4.78 is 6.62. The molecule has 0 saturated heterocycles. The molecular formula is C61H42N2O. The van der Waals surface area contributed by atoms with E-state index in [-0.39, 0.29) is 5.41 Å². The number of nitrogens with zero attached hydrogens (tertiary/aromatic N) is 2. The molecule has 3 nitrogen and oxygen atoms in total. The fraction of sp³-hybridized carbons (Fsp3) is 0.0492. The average Bonchev–Trinajstić information content (AvgIpc) is 3.86. The molecule has 12 rings (SSSR count). The summed E-state index contributed by atoms with van der Waals surface area (Å²) >= 11 is 0. The summed E-state index contributed by atoms with van der Waals surface area (Å²) in [5.41, 5.74) is 20.8. The molecule has 11 aromatic rings. The smallest absolute Gasteiger partial charge is 0.160 e. The maximum absolute atomic E-state index is 6.62. The first-order valence-electron chi connectivity index (χ1n) is 22.0. The predicted octanol–water partition coefficient (Wildman–Crippen LogP) is 16.4. The van der Waals surface area contributed by atoms with E-state index in [4.69, 9.17) is 14.4 Å². The van der Waals surface area contributed by atoms with Gasteiger partial charge in [0.15, 0.2) is 5.82 Å². The quantitative estimate of drug-likeness (QED) is 0.161. The lowest BCUT2D eigenvalue weighted by molar-refractivity contribution is 0.660. The van der Waals surface area contributed by atoms with Crippen molar-refractivity contribution in [3.8, 4) is 89.5 Å². The van der Waals surface area contributed by atoms with E-state index in [9.17, 15) is 0 Å². The summed E-state index contributed by atoms with van der Waals surface area (Å²) in [4.78, 5) is 10.6. The van der Waals surface area contributed by atoms with E-state index in [0.717, 1.165) is 72.3 Å². The summed E-state index contributed by atoms with van der Waals surface area (Å²) in [6, 6.07) is 77.8. The molecule has 1 aliphatic rings. The first kappa shape index (κ1) is 37.6. The third kappa shape index (κ3) is 6.36. The number of benzene rings is 9. The van der Waals surface area contributed by atoms with Gasteiger partial charge in [-0.3, -0.25) is 0 Å². The lowest BCUT2D eigenvalue weighted by atomic mass is 9.82. The Balaban J connectivity index is 1.01. The van der Waals surface area contributed by atoms with Gasteiger partial charge in [0.05, 0.1) is 11.4 Å². The van der Waals surface area contributed by atoms with E-state index >= 15 is 0 Å². The van der Waals surface area contributed by atoms with Crippen LogP contribution in [0.3, 0.4) is 0 Å². The zero-order chi connectivity index (χ0) is 42.8. The van der Waals surface area contributed by atoms with Crippen molar-refractivity contribution in [3.05, 3.63) is 230 Å². The normalized spacial score (nSPS) is 12.7. The van der Waals surface area contributed by atoms with Gasteiger partial charge in [0.25, 0.3) is 0 Å². The highest BCUT2D eigenvalue weighted by molar-refractivity contribution is 6.10. The number of aromatic nitrogens is 2. The van der Waals surface area contributed by atoms with Gasteiger partial charge in [-0.05, 0) is 91.5 Å². The fourth-order valence-electron chi connectivity index (χ4n) is 9.83. The Labute approximate surface area is 373 Å². The Bertz CT molecular complexity index is 3550. The molecule has 302 valence electrons. The molecule has 9 aromatic carbocycles. The second-order valence-electron chi connectivity index (χ2n) is 17.3. The molecule has 0 amide bonds. The molecule has 2 aromatic heterocycles. The molecule has 0 saturated carbocycles. The van der Waals surface area contributed by atoms with Crippen LogP contribution in [0.25, 0.3) is 111 Å². The Morgan fingerprint density at radius 3 is 1.64 bits per heavy atom. The molecule has 0 fully saturated rings. The van der Waals surface area contributed by atoms with Crippen LogP contribution in [0.2, 0.25) is 0 Å². The third-order valence-electron chi connectivity index (χ3n) is 13.1. The second kappa shape index (κ2) is 15.0. The first-order valence-corrected chi connectivity index (χ1v) is 22.0. The largest absolute Gasteiger partial charge is 0.455 e. The van der Waals surface area contributed by atoms with Gasteiger partial charge in [-0.15, -0.1) is 0 Å². The summed E-state index contributed by atoms with van der Waals surface area (Å²) in [7, 11) is 0. The number of para-hydroxylation sites is 2. The Hall–Kier alpha value is -8.14. The van der Waals surface area contributed by atoms with Gasteiger partial charge in [0.2, 0.25) is 0 Å². The van der Waals surface area contributed by atoms with Gasteiger partial charge in [-0.2, -0.15) is 0 Å². The second-order valence-corrected chi connectivity index (χ2v) is 17.3. The topological polar surface area (TPSA) is 38.9 Å². The molecule has 0 spiro atoms. The predicted molar refractivity (Wildman–Crippen MR) is 265 cm³/mol. The van der Waals surface area contributed by atoms with E-state index < -0.39 is 0 Å². The van der Waals surface area contributed by atoms with Crippen molar-refractivity contribution in [2.24, 2.45) is 0 Å². The molecule has 1 aliphatic carbocycles. The van der Waals surface area contributed by atoms with Gasteiger partial charge in [-0.1, -0.05) is 202 Å². The summed E-state index contributed by atoms with van der Waals surface area (Å²) in [5, 5.41) is 2.20. The fourth-order valence-corrected chi connectivity index (χ4v) is 9.83. The van der Waals surface area contributed by atoms with Crippen LogP contribution in [0.1, 0.15) is 25.0 Å². The lowest BCUT2D eigenvalue weighted by Gasteiger charge is -2.21. The Kier molecular flexibility index (Phi) is 8.84. The summed E-state index contributed by atoms with van der Waals surface area (Å²) in [6.07, 6.45) is 0. The SMILES string of the molecule is CC1(C)c2ccccc2-c2c(-c3ccc(-c4cc(-c5cc(-c6ccc(-c7ccccc7)cc6)cc(-c6cccc7c6oc6ccccc67)c5)nc(-c5ccccc5)n4)cc3)cccc21. The molecule has 0 aliphatic heterocycles. The minimum absolute atomic E-state index is 0.0611. The van der Waals surface area contributed by atoms with Crippen molar-refractivity contribution in [3.63, 3.8) is 0 Å². The molecule has 0 radical (unpaired) electrons. The van der Waals surface area contributed by atoms with Gasteiger partial charge < -0.3 is 4.42 Å².